The highest BCUT2D eigenvalue weighted by Crippen LogP contribution is 2.26. The molecule has 0 spiro atoms. The number of hydrogen-bond acceptors (Lipinski definition) is 5. The van der Waals surface area contributed by atoms with E-state index in [1.807, 2.05) is 30.3 Å². The number of hydrogen-bond donors (Lipinski definition) is 1. The minimum atomic E-state index is -0.385. The molecule has 2 heterocycles. The Kier molecular flexibility index (Phi) is 3.35. The van der Waals surface area contributed by atoms with Gasteiger partial charge in [0.25, 0.3) is 0 Å². The first-order chi connectivity index (χ1) is 11.7. The number of pyridine rings is 1. The number of carbonyl (C=O) groups is 1. The molecule has 0 aliphatic carbocycles. The van der Waals surface area contributed by atoms with Crippen LogP contribution in [0.1, 0.15) is 10.4 Å². The van der Waals surface area contributed by atoms with Gasteiger partial charge in [-0.3, -0.25) is 4.57 Å². The molecule has 24 heavy (non-hydrogen) atoms. The molecule has 2 aromatic heterocycles. The smallest absolute Gasteiger partial charge is 0.339 e. The van der Waals surface area contributed by atoms with Gasteiger partial charge in [0.1, 0.15) is 5.52 Å². The number of para-hydroxylation sites is 1. The summed E-state index contributed by atoms with van der Waals surface area (Å²) in [5.74, 6) is -0.0272. The van der Waals surface area contributed by atoms with Gasteiger partial charge < -0.3 is 10.5 Å². The van der Waals surface area contributed by atoms with Crippen molar-refractivity contribution >= 4 is 33.7 Å². The number of imidazole rings is 1. The highest BCUT2D eigenvalue weighted by molar-refractivity contribution is 6.06. The normalized spacial score (nSPS) is 11.0. The van der Waals surface area contributed by atoms with Crippen molar-refractivity contribution in [1.82, 2.24) is 14.5 Å². The molecule has 2 N–H and O–H groups in total. The summed E-state index contributed by atoms with van der Waals surface area (Å²) in [6.07, 6.45) is 1.60. The van der Waals surface area contributed by atoms with E-state index in [9.17, 15) is 4.79 Å². The highest BCUT2D eigenvalue weighted by Gasteiger charge is 2.13. The van der Waals surface area contributed by atoms with E-state index in [1.165, 1.54) is 0 Å². The Balaban J connectivity index is 1.71. The lowest BCUT2D eigenvalue weighted by molar-refractivity contribution is 0.0379. The quantitative estimate of drug-likeness (QED) is 0.587. The zero-order valence-corrected chi connectivity index (χ0v) is 12.7. The standard InChI is InChI=1S/C18H14N4O2/c19-17-15-16(13-8-4-5-9-14(13)21-17)22(10-20-15)11-24-18(23)12-6-2-1-3-7-12/h1-10H,11H2,(H2,19,21). The molecular weight excluding hydrogens is 304 g/mol. The number of esters is 1. The minimum absolute atomic E-state index is 0.0532. The summed E-state index contributed by atoms with van der Waals surface area (Å²) in [6, 6.07) is 16.5. The number of ether oxygens (including phenoxy) is 1. The molecular formula is C18H14N4O2. The van der Waals surface area contributed by atoms with Crippen LogP contribution in [-0.2, 0) is 11.5 Å². The molecule has 4 rings (SSSR count). The Bertz CT molecular complexity index is 1040. The van der Waals surface area contributed by atoms with Crippen LogP contribution in [0.25, 0.3) is 21.9 Å². The minimum Gasteiger partial charge on any atom is -0.440 e. The average Bonchev–Trinajstić information content (AvgIpc) is 3.05. The molecule has 4 aromatic rings. The fourth-order valence-corrected chi connectivity index (χ4v) is 2.69. The second kappa shape index (κ2) is 5.66. The highest BCUT2D eigenvalue weighted by atomic mass is 16.5. The second-order valence-electron chi connectivity index (χ2n) is 5.35. The number of aromatic nitrogens is 3. The lowest BCUT2D eigenvalue weighted by Gasteiger charge is -2.08. The predicted octanol–water partition coefficient (Wildman–Crippen LogP) is 2.98. The van der Waals surface area contributed by atoms with Crippen molar-refractivity contribution in [3.8, 4) is 0 Å². The third kappa shape index (κ3) is 2.34. The molecule has 0 saturated carbocycles. The van der Waals surface area contributed by atoms with Crippen molar-refractivity contribution in [2.45, 2.75) is 6.73 Å². The lowest BCUT2D eigenvalue weighted by Crippen LogP contribution is -2.09. The monoisotopic (exact) mass is 318 g/mol. The van der Waals surface area contributed by atoms with Gasteiger partial charge >= 0.3 is 5.97 Å². The zero-order valence-electron chi connectivity index (χ0n) is 12.7. The summed E-state index contributed by atoms with van der Waals surface area (Å²) in [4.78, 5) is 20.8. The number of nitrogens with two attached hydrogens (primary N) is 1. The van der Waals surface area contributed by atoms with Gasteiger partial charge in [-0.2, -0.15) is 0 Å². The summed E-state index contributed by atoms with van der Waals surface area (Å²) in [6.45, 7) is 0.0532. The molecule has 0 amide bonds. The van der Waals surface area contributed by atoms with Crippen LogP contribution in [0.5, 0.6) is 0 Å². The van der Waals surface area contributed by atoms with Crippen molar-refractivity contribution in [1.29, 1.82) is 0 Å². The molecule has 0 saturated heterocycles. The summed E-state index contributed by atoms with van der Waals surface area (Å²) in [7, 11) is 0. The van der Waals surface area contributed by atoms with E-state index in [2.05, 4.69) is 9.97 Å². The third-order valence-corrected chi connectivity index (χ3v) is 3.82. The van der Waals surface area contributed by atoms with E-state index in [0.29, 0.717) is 16.9 Å². The zero-order chi connectivity index (χ0) is 16.5. The van der Waals surface area contributed by atoms with Crippen molar-refractivity contribution in [2.75, 3.05) is 5.73 Å². The Morgan fingerprint density at radius 2 is 1.83 bits per heavy atom. The maximum Gasteiger partial charge on any atom is 0.339 e. The second-order valence-corrected chi connectivity index (χ2v) is 5.35. The predicted molar refractivity (Wildman–Crippen MR) is 91.3 cm³/mol. The van der Waals surface area contributed by atoms with Crippen LogP contribution in [0.4, 0.5) is 5.82 Å². The number of carbonyl (C=O) groups excluding carboxylic acids is 1. The molecule has 0 aliphatic rings. The Morgan fingerprint density at radius 3 is 2.67 bits per heavy atom. The Hall–Kier alpha value is -3.41. The van der Waals surface area contributed by atoms with E-state index in [-0.39, 0.29) is 12.7 Å². The van der Waals surface area contributed by atoms with Gasteiger partial charge in [0.05, 0.1) is 22.9 Å². The molecule has 2 aromatic carbocycles. The molecule has 0 atom stereocenters. The average molecular weight is 318 g/mol. The van der Waals surface area contributed by atoms with Gasteiger partial charge in [0.2, 0.25) is 0 Å². The molecule has 0 bridgehead atoms. The first-order valence-electron chi connectivity index (χ1n) is 7.45. The maximum absolute atomic E-state index is 12.1. The summed E-state index contributed by atoms with van der Waals surface area (Å²) < 4.78 is 7.15. The van der Waals surface area contributed by atoms with Gasteiger partial charge in [-0.15, -0.1) is 0 Å². The van der Waals surface area contributed by atoms with Crippen molar-refractivity contribution in [3.05, 3.63) is 66.5 Å². The largest absolute Gasteiger partial charge is 0.440 e. The molecule has 0 radical (unpaired) electrons. The molecule has 118 valence electrons. The van der Waals surface area contributed by atoms with Crippen LogP contribution < -0.4 is 5.73 Å². The van der Waals surface area contributed by atoms with Gasteiger partial charge in [0.15, 0.2) is 12.5 Å². The number of nitrogen functional groups attached to an aromatic ring is 1. The van der Waals surface area contributed by atoms with Gasteiger partial charge in [0, 0.05) is 5.39 Å². The van der Waals surface area contributed by atoms with E-state index in [4.69, 9.17) is 10.5 Å². The van der Waals surface area contributed by atoms with Crippen LogP contribution in [0, 0.1) is 0 Å². The van der Waals surface area contributed by atoms with Gasteiger partial charge in [-0.25, -0.2) is 14.8 Å². The fraction of sp³-hybridized carbons (Fsp3) is 0.0556. The fourth-order valence-electron chi connectivity index (χ4n) is 2.69. The van der Waals surface area contributed by atoms with Crippen molar-refractivity contribution < 1.29 is 9.53 Å². The van der Waals surface area contributed by atoms with Gasteiger partial charge in [-0.1, -0.05) is 36.4 Å². The number of fused-ring (bicyclic) bond motifs is 3. The van der Waals surface area contributed by atoms with Crippen LogP contribution in [0.2, 0.25) is 0 Å². The van der Waals surface area contributed by atoms with E-state index in [1.54, 1.807) is 35.2 Å². The first-order valence-corrected chi connectivity index (χ1v) is 7.45. The number of anilines is 1. The van der Waals surface area contributed by atoms with Crippen LogP contribution in [-0.4, -0.2) is 20.5 Å². The van der Waals surface area contributed by atoms with Crippen LogP contribution >= 0.6 is 0 Å². The van der Waals surface area contributed by atoms with Crippen molar-refractivity contribution in [2.24, 2.45) is 0 Å². The van der Waals surface area contributed by atoms with E-state index in [0.717, 1.165) is 16.4 Å². The number of rotatable bonds is 3. The first kappa shape index (κ1) is 14.2. The number of nitrogens with zero attached hydrogens (tertiary/aromatic N) is 3. The van der Waals surface area contributed by atoms with Crippen molar-refractivity contribution in [3.63, 3.8) is 0 Å². The summed E-state index contributed by atoms with van der Waals surface area (Å²) >= 11 is 0. The van der Waals surface area contributed by atoms with Crippen LogP contribution in [0.15, 0.2) is 60.9 Å². The van der Waals surface area contributed by atoms with E-state index >= 15 is 0 Å². The number of benzene rings is 2. The maximum atomic E-state index is 12.1. The third-order valence-electron chi connectivity index (χ3n) is 3.82. The molecule has 0 fully saturated rings. The van der Waals surface area contributed by atoms with E-state index < -0.39 is 0 Å². The molecule has 6 nitrogen and oxygen atoms in total. The lowest BCUT2D eigenvalue weighted by atomic mass is 10.2. The topological polar surface area (TPSA) is 83.0 Å². The SMILES string of the molecule is Nc1nc2ccccc2c2c1ncn2COC(=O)c1ccccc1. The Labute approximate surface area is 137 Å². The Morgan fingerprint density at radius 1 is 1.08 bits per heavy atom. The molecule has 0 aliphatic heterocycles. The summed E-state index contributed by atoms with van der Waals surface area (Å²) in [5.41, 5.74) is 8.68. The van der Waals surface area contributed by atoms with Crippen LogP contribution in [0.3, 0.4) is 0 Å². The molecule has 6 heteroatoms. The summed E-state index contributed by atoms with van der Waals surface area (Å²) in [5, 5.41) is 0.912. The molecule has 0 unspecified atom stereocenters. The van der Waals surface area contributed by atoms with Gasteiger partial charge in [-0.05, 0) is 18.2 Å².